The molecule has 0 bridgehead atoms. The highest BCUT2D eigenvalue weighted by Crippen LogP contribution is 2.26. The van der Waals surface area contributed by atoms with Gasteiger partial charge in [-0.2, -0.15) is 0 Å². The van der Waals surface area contributed by atoms with Crippen LogP contribution in [0.25, 0.3) is 5.69 Å². The molecule has 0 fully saturated rings. The van der Waals surface area contributed by atoms with Gasteiger partial charge in [-0.05, 0) is 12.1 Å². The molecule has 0 atom stereocenters. The Morgan fingerprint density at radius 2 is 1.32 bits per heavy atom. The van der Waals surface area contributed by atoms with Crippen molar-refractivity contribution in [3.05, 3.63) is 87.6 Å². The normalized spacial score (nSPS) is 12.9. The van der Waals surface area contributed by atoms with Crippen LogP contribution in [0.5, 0.6) is 0 Å². The molecule has 1 aliphatic carbocycles. The first-order valence-corrected chi connectivity index (χ1v) is 6.77. The number of aromatic amines is 1. The van der Waals surface area contributed by atoms with E-state index in [0.717, 1.165) is 0 Å². The van der Waals surface area contributed by atoms with Crippen LogP contribution < -0.4 is 5.69 Å². The smallest absolute Gasteiger partial charge is 0.302 e. The van der Waals surface area contributed by atoms with E-state index in [-0.39, 0.29) is 23.0 Å². The third kappa shape index (κ3) is 1.56. The fourth-order valence-corrected chi connectivity index (χ4v) is 2.78. The van der Waals surface area contributed by atoms with Crippen molar-refractivity contribution >= 4 is 11.6 Å². The van der Waals surface area contributed by atoms with Crippen LogP contribution in [0.3, 0.4) is 0 Å². The van der Waals surface area contributed by atoms with E-state index in [4.69, 9.17) is 0 Å². The Bertz CT molecular complexity index is 981. The molecule has 106 valence electrons. The van der Waals surface area contributed by atoms with Crippen molar-refractivity contribution in [2.24, 2.45) is 0 Å². The first-order chi connectivity index (χ1) is 10.7. The van der Waals surface area contributed by atoms with Crippen molar-refractivity contribution in [2.75, 3.05) is 0 Å². The molecule has 5 heteroatoms. The van der Waals surface area contributed by atoms with Gasteiger partial charge in [0.1, 0.15) is 11.4 Å². The van der Waals surface area contributed by atoms with Gasteiger partial charge < -0.3 is 4.98 Å². The molecule has 1 aromatic heterocycles. The Labute approximate surface area is 124 Å². The minimum Gasteiger partial charge on any atom is -0.302 e. The van der Waals surface area contributed by atoms with Crippen molar-refractivity contribution in [2.45, 2.75) is 0 Å². The van der Waals surface area contributed by atoms with E-state index in [2.05, 4.69) is 4.98 Å². The summed E-state index contributed by atoms with van der Waals surface area (Å²) in [6.45, 7) is 0. The molecule has 1 heterocycles. The number of H-pyrrole nitrogens is 1. The zero-order valence-electron chi connectivity index (χ0n) is 11.4. The summed E-state index contributed by atoms with van der Waals surface area (Å²) in [7, 11) is 0. The number of rotatable bonds is 1. The number of imidazole rings is 1. The number of hydrogen-bond acceptors (Lipinski definition) is 3. The first kappa shape index (κ1) is 12.5. The lowest BCUT2D eigenvalue weighted by molar-refractivity contribution is 0.0972. The van der Waals surface area contributed by atoms with Gasteiger partial charge in [0.2, 0.25) is 11.6 Å². The maximum absolute atomic E-state index is 12.7. The SMILES string of the molecule is O=C1c2ccccc2C(=O)c2c1[nH]c(=O)n2-c1ccccc1. The molecule has 1 N–H and O–H groups in total. The molecular formula is C17H10N2O3. The number of nitrogens with one attached hydrogen (secondary N) is 1. The Balaban J connectivity index is 2.05. The maximum atomic E-state index is 12.7. The van der Waals surface area contributed by atoms with Crippen LogP contribution in [0.15, 0.2) is 59.4 Å². The molecule has 0 unspecified atom stereocenters. The lowest BCUT2D eigenvalue weighted by Crippen LogP contribution is -2.24. The van der Waals surface area contributed by atoms with Gasteiger partial charge in [-0.25, -0.2) is 4.79 Å². The average molecular weight is 290 g/mol. The quantitative estimate of drug-likeness (QED) is 0.582. The summed E-state index contributed by atoms with van der Waals surface area (Å²) in [4.78, 5) is 40.0. The molecular weight excluding hydrogens is 280 g/mol. The van der Waals surface area contributed by atoms with E-state index in [1.807, 2.05) is 6.07 Å². The highest BCUT2D eigenvalue weighted by Gasteiger charge is 2.34. The van der Waals surface area contributed by atoms with Crippen LogP contribution in [0.2, 0.25) is 0 Å². The minimum atomic E-state index is -0.495. The number of benzene rings is 2. The van der Waals surface area contributed by atoms with Crippen molar-refractivity contribution in [3.8, 4) is 5.69 Å². The van der Waals surface area contributed by atoms with Crippen molar-refractivity contribution < 1.29 is 9.59 Å². The van der Waals surface area contributed by atoms with Crippen LogP contribution >= 0.6 is 0 Å². The summed E-state index contributed by atoms with van der Waals surface area (Å²) in [5, 5.41) is 0. The Hall–Kier alpha value is -3.21. The van der Waals surface area contributed by atoms with Crippen LogP contribution in [-0.4, -0.2) is 21.1 Å². The molecule has 0 amide bonds. The van der Waals surface area contributed by atoms with Gasteiger partial charge in [-0.1, -0.05) is 42.5 Å². The average Bonchev–Trinajstić information content (AvgIpc) is 2.91. The summed E-state index contributed by atoms with van der Waals surface area (Å²) >= 11 is 0. The predicted molar refractivity (Wildman–Crippen MR) is 79.7 cm³/mol. The topological polar surface area (TPSA) is 71.9 Å². The monoisotopic (exact) mass is 290 g/mol. The van der Waals surface area contributed by atoms with Gasteiger partial charge in [0.15, 0.2) is 0 Å². The number of nitrogens with zero attached hydrogens (tertiary/aromatic N) is 1. The predicted octanol–water partition coefficient (Wildman–Crippen LogP) is 1.94. The van der Waals surface area contributed by atoms with Gasteiger partial charge in [0, 0.05) is 11.1 Å². The number of ketones is 2. The van der Waals surface area contributed by atoms with Crippen molar-refractivity contribution in [1.29, 1.82) is 0 Å². The van der Waals surface area contributed by atoms with Gasteiger partial charge in [-0.15, -0.1) is 0 Å². The largest absolute Gasteiger partial charge is 0.331 e. The number of fused-ring (bicyclic) bond motifs is 2. The van der Waals surface area contributed by atoms with E-state index in [1.54, 1.807) is 48.5 Å². The van der Waals surface area contributed by atoms with Crippen LogP contribution in [0.4, 0.5) is 0 Å². The zero-order valence-corrected chi connectivity index (χ0v) is 11.4. The van der Waals surface area contributed by atoms with E-state index in [9.17, 15) is 14.4 Å². The first-order valence-electron chi connectivity index (χ1n) is 6.77. The molecule has 2 aromatic carbocycles. The third-order valence-electron chi connectivity index (χ3n) is 3.77. The van der Waals surface area contributed by atoms with E-state index in [0.29, 0.717) is 16.8 Å². The second-order valence-electron chi connectivity index (χ2n) is 5.03. The summed E-state index contributed by atoms with van der Waals surface area (Å²) < 4.78 is 1.26. The molecule has 0 saturated carbocycles. The van der Waals surface area contributed by atoms with Crippen molar-refractivity contribution in [3.63, 3.8) is 0 Å². The fourth-order valence-electron chi connectivity index (χ4n) is 2.78. The van der Waals surface area contributed by atoms with Gasteiger partial charge in [0.25, 0.3) is 0 Å². The molecule has 0 radical (unpaired) electrons. The minimum absolute atomic E-state index is 0.0533. The van der Waals surface area contributed by atoms with E-state index >= 15 is 0 Å². The summed E-state index contributed by atoms with van der Waals surface area (Å²) in [5.74, 6) is -0.663. The molecule has 22 heavy (non-hydrogen) atoms. The lowest BCUT2D eigenvalue weighted by atomic mass is 9.90. The second-order valence-corrected chi connectivity index (χ2v) is 5.03. The molecule has 5 nitrogen and oxygen atoms in total. The zero-order chi connectivity index (χ0) is 15.3. The van der Waals surface area contributed by atoms with Gasteiger partial charge in [0.05, 0.1) is 5.69 Å². The summed E-state index contributed by atoms with van der Waals surface area (Å²) in [6, 6.07) is 15.4. The lowest BCUT2D eigenvalue weighted by Gasteiger charge is -2.15. The highest BCUT2D eigenvalue weighted by molar-refractivity contribution is 6.27. The maximum Gasteiger partial charge on any atom is 0.331 e. The van der Waals surface area contributed by atoms with E-state index < -0.39 is 5.69 Å². The standard InChI is InChI=1S/C17H10N2O3/c20-15-11-8-4-5-9-12(11)16(21)14-13(15)18-17(22)19(14)10-6-2-1-3-7-10/h1-9H,(H,18,22). The molecule has 0 spiro atoms. The molecule has 1 aliphatic rings. The highest BCUT2D eigenvalue weighted by atomic mass is 16.2. The molecule has 3 aromatic rings. The third-order valence-corrected chi connectivity index (χ3v) is 3.77. The Morgan fingerprint density at radius 3 is 2.00 bits per heavy atom. The molecule has 0 aliphatic heterocycles. The number of hydrogen-bond donors (Lipinski definition) is 1. The number of carbonyl (C=O) groups excluding carboxylic acids is 2. The Morgan fingerprint density at radius 1 is 0.727 bits per heavy atom. The fraction of sp³-hybridized carbons (Fsp3) is 0. The second kappa shape index (κ2) is 4.39. The number of carbonyl (C=O) groups is 2. The Kier molecular flexibility index (Phi) is 2.50. The van der Waals surface area contributed by atoms with E-state index in [1.165, 1.54) is 4.57 Å². The van der Waals surface area contributed by atoms with Gasteiger partial charge >= 0.3 is 5.69 Å². The van der Waals surface area contributed by atoms with Crippen molar-refractivity contribution in [1.82, 2.24) is 9.55 Å². The summed E-state index contributed by atoms with van der Waals surface area (Å²) in [6.07, 6.45) is 0. The summed E-state index contributed by atoms with van der Waals surface area (Å²) in [5.41, 5.74) is 0.846. The number of aromatic nitrogens is 2. The van der Waals surface area contributed by atoms with Crippen LogP contribution in [0, 0.1) is 0 Å². The number of para-hydroxylation sites is 1. The molecule has 0 saturated heterocycles. The van der Waals surface area contributed by atoms with Crippen LogP contribution in [0.1, 0.15) is 32.1 Å². The molecule has 4 rings (SSSR count). The van der Waals surface area contributed by atoms with Crippen LogP contribution in [-0.2, 0) is 0 Å². The van der Waals surface area contributed by atoms with Gasteiger partial charge in [-0.3, -0.25) is 14.2 Å².